The minimum Gasteiger partial charge on any atom is -0.117 e. The predicted molar refractivity (Wildman–Crippen MR) is 67.8 cm³/mol. The van der Waals surface area contributed by atoms with Crippen LogP contribution in [0.25, 0.3) is 0 Å². The van der Waals surface area contributed by atoms with Crippen LogP contribution in [0.2, 0.25) is 0 Å². The topological polar surface area (TPSA) is 0 Å². The van der Waals surface area contributed by atoms with Gasteiger partial charge < -0.3 is 0 Å². The van der Waals surface area contributed by atoms with Gasteiger partial charge in [0.05, 0.1) is 0 Å². The van der Waals surface area contributed by atoms with Crippen LogP contribution in [0.5, 0.6) is 0 Å². The second kappa shape index (κ2) is 3.41. The van der Waals surface area contributed by atoms with E-state index in [2.05, 4.69) is 49.9 Å². The van der Waals surface area contributed by atoms with Gasteiger partial charge in [0, 0.05) is 16.1 Å². The molecular weight excluding hydrogens is 200 g/mol. The van der Waals surface area contributed by atoms with Crippen molar-refractivity contribution in [2.75, 3.05) is 0 Å². The molecule has 0 saturated carbocycles. The third-order valence-corrected chi connectivity index (χ3v) is 5.14. The van der Waals surface area contributed by atoms with Crippen LogP contribution in [-0.4, -0.2) is 5.25 Å². The highest BCUT2D eigenvalue weighted by atomic mass is 32.2. The van der Waals surface area contributed by atoms with E-state index < -0.39 is 0 Å². The number of thioether (sulfide) groups is 1. The second-order valence-electron chi connectivity index (χ2n) is 4.64. The maximum absolute atomic E-state index is 2.39. The van der Waals surface area contributed by atoms with Crippen molar-refractivity contribution in [2.45, 2.75) is 31.9 Å². The molecule has 15 heavy (non-hydrogen) atoms. The van der Waals surface area contributed by atoms with Crippen LogP contribution in [-0.2, 0) is 0 Å². The molecular formula is C14H16S. The summed E-state index contributed by atoms with van der Waals surface area (Å²) in [5, 5.41) is 0.682. The van der Waals surface area contributed by atoms with Crippen molar-refractivity contribution in [1.82, 2.24) is 0 Å². The van der Waals surface area contributed by atoms with Gasteiger partial charge in [0.25, 0.3) is 0 Å². The molecule has 0 radical (unpaired) electrons. The summed E-state index contributed by atoms with van der Waals surface area (Å²) in [6.07, 6.45) is 11.8. The summed E-state index contributed by atoms with van der Waals surface area (Å²) in [5.41, 5.74) is 4.77. The summed E-state index contributed by atoms with van der Waals surface area (Å²) >= 11 is 2.07. The zero-order valence-electron chi connectivity index (χ0n) is 9.29. The molecule has 0 aromatic carbocycles. The van der Waals surface area contributed by atoms with E-state index in [0.717, 1.165) is 0 Å². The molecule has 0 amide bonds. The molecule has 1 heteroatoms. The van der Waals surface area contributed by atoms with Crippen molar-refractivity contribution in [3.8, 4) is 0 Å². The zero-order chi connectivity index (χ0) is 10.4. The monoisotopic (exact) mass is 216 g/mol. The standard InChI is InChI=1S/C14H16S/c1-9-5-4-8-12-13(9)11-7-3-6-10(2)14(11)15-12/h4-6,8,12-13H,3,7H2,1-2H3. The maximum atomic E-state index is 2.39. The van der Waals surface area contributed by atoms with Gasteiger partial charge in [-0.05, 0) is 37.8 Å². The van der Waals surface area contributed by atoms with Gasteiger partial charge in [0.2, 0.25) is 0 Å². The summed E-state index contributed by atoms with van der Waals surface area (Å²) in [4.78, 5) is 1.59. The van der Waals surface area contributed by atoms with E-state index in [0.29, 0.717) is 11.2 Å². The third-order valence-electron chi connectivity index (χ3n) is 3.62. The van der Waals surface area contributed by atoms with Crippen molar-refractivity contribution in [1.29, 1.82) is 0 Å². The number of allylic oxidation sites excluding steroid dienone is 6. The van der Waals surface area contributed by atoms with E-state index in [4.69, 9.17) is 0 Å². The molecule has 3 aliphatic rings. The molecule has 0 aromatic heterocycles. The van der Waals surface area contributed by atoms with Crippen molar-refractivity contribution < 1.29 is 0 Å². The Kier molecular flexibility index (Phi) is 2.17. The Hall–Kier alpha value is -0.690. The molecule has 0 aromatic rings. The van der Waals surface area contributed by atoms with Gasteiger partial charge >= 0.3 is 0 Å². The fraction of sp³-hybridized carbons (Fsp3) is 0.429. The smallest absolute Gasteiger partial charge is 0.0380 e. The lowest BCUT2D eigenvalue weighted by molar-refractivity contribution is 0.695. The van der Waals surface area contributed by atoms with Gasteiger partial charge in [-0.2, -0.15) is 0 Å². The molecule has 0 saturated heterocycles. The molecule has 0 fully saturated rings. The van der Waals surface area contributed by atoms with E-state index in [1.54, 1.807) is 16.1 Å². The van der Waals surface area contributed by atoms with Gasteiger partial charge in [0.1, 0.15) is 0 Å². The first-order valence-corrected chi connectivity index (χ1v) is 6.57. The molecule has 2 unspecified atom stereocenters. The van der Waals surface area contributed by atoms with Crippen LogP contribution in [0, 0.1) is 5.92 Å². The summed E-state index contributed by atoms with van der Waals surface area (Å²) in [7, 11) is 0. The summed E-state index contributed by atoms with van der Waals surface area (Å²) < 4.78 is 0. The van der Waals surface area contributed by atoms with E-state index in [9.17, 15) is 0 Å². The fourth-order valence-corrected chi connectivity index (χ4v) is 4.48. The van der Waals surface area contributed by atoms with Gasteiger partial charge in [0.15, 0.2) is 0 Å². The Morgan fingerprint density at radius 1 is 1.33 bits per heavy atom. The molecule has 0 spiro atoms. The lowest BCUT2D eigenvalue weighted by atomic mass is 9.81. The lowest BCUT2D eigenvalue weighted by Gasteiger charge is -2.23. The molecule has 0 bridgehead atoms. The van der Waals surface area contributed by atoms with Crippen molar-refractivity contribution in [3.63, 3.8) is 0 Å². The van der Waals surface area contributed by atoms with Gasteiger partial charge in [-0.15, -0.1) is 11.8 Å². The average molecular weight is 216 g/mol. The van der Waals surface area contributed by atoms with Crippen LogP contribution in [0.3, 0.4) is 0 Å². The highest BCUT2D eigenvalue weighted by Gasteiger charge is 2.36. The molecule has 1 heterocycles. The largest absolute Gasteiger partial charge is 0.117 e. The predicted octanol–water partition coefficient (Wildman–Crippen LogP) is 4.23. The number of hydrogen-bond acceptors (Lipinski definition) is 1. The van der Waals surface area contributed by atoms with Gasteiger partial charge in [-0.1, -0.05) is 29.9 Å². The molecule has 78 valence electrons. The molecule has 2 atom stereocenters. The fourth-order valence-electron chi connectivity index (χ4n) is 2.88. The highest BCUT2D eigenvalue weighted by Crippen LogP contribution is 2.52. The third kappa shape index (κ3) is 1.37. The minimum atomic E-state index is 0.682. The Balaban J connectivity index is 2.05. The number of rotatable bonds is 0. The first kappa shape index (κ1) is 9.53. The van der Waals surface area contributed by atoms with E-state index in [-0.39, 0.29) is 0 Å². The normalized spacial score (nSPS) is 33.5. The lowest BCUT2D eigenvalue weighted by Crippen LogP contribution is -2.16. The first-order valence-electron chi connectivity index (χ1n) is 5.69. The molecule has 0 nitrogen and oxygen atoms in total. The summed E-state index contributed by atoms with van der Waals surface area (Å²) in [6.45, 7) is 4.55. The van der Waals surface area contributed by atoms with E-state index in [1.807, 2.05) is 0 Å². The molecule has 0 N–H and O–H groups in total. The van der Waals surface area contributed by atoms with Gasteiger partial charge in [-0.3, -0.25) is 0 Å². The highest BCUT2D eigenvalue weighted by molar-refractivity contribution is 8.04. The minimum absolute atomic E-state index is 0.682. The first-order chi connectivity index (χ1) is 7.27. The van der Waals surface area contributed by atoms with Crippen molar-refractivity contribution in [3.05, 3.63) is 45.9 Å². The Labute approximate surface area is 95.8 Å². The average Bonchev–Trinajstić information content (AvgIpc) is 2.59. The van der Waals surface area contributed by atoms with Crippen molar-refractivity contribution >= 4 is 11.8 Å². The van der Waals surface area contributed by atoms with E-state index in [1.165, 1.54) is 18.4 Å². The number of hydrogen-bond donors (Lipinski definition) is 0. The van der Waals surface area contributed by atoms with Crippen molar-refractivity contribution in [2.24, 2.45) is 5.92 Å². The van der Waals surface area contributed by atoms with Crippen LogP contribution < -0.4 is 0 Å². The van der Waals surface area contributed by atoms with E-state index >= 15 is 0 Å². The molecule has 1 aliphatic heterocycles. The SMILES string of the molecule is CC1=CCCC2=C1SC1C=CC=C(C)C21. The van der Waals surface area contributed by atoms with Crippen LogP contribution >= 0.6 is 11.8 Å². The number of fused-ring (bicyclic) bond motifs is 2. The zero-order valence-corrected chi connectivity index (χ0v) is 10.1. The Morgan fingerprint density at radius 3 is 3.07 bits per heavy atom. The Bertz CT molecular complexity index is 421. The van der Waals surface area contributed by atoms with Crippen LogP contribution in [0.15, 0.2) is 45.9 Å². The summed E-state index contributed by atoms with van der Waals surface area (Å²) in [6, 6.07) is 0. The van der Waals surface area contributed by atoms with Crippen LogP contribution in [0.4, 0.5) is 0 Å². The maximum Gasteiger partial charge on any atom is 0.0380 e. The quantitative estimate of drug-likeness (QED) is 0.584. The van der Waals surface area contributed by atoms with Crippen LogP contribution in [0.1, 0.15) is 26.7 Å². The summed E-state index contributed by atoms with van der Waals surface area (Å²) in [5.74, 6) is 0.707. The Morgan fingerprint density at radius 2 is 2.20 bits per heavy atom. The molecule has 2 aliphatic carbocycles. The second-order valence-corrected chi connectivity index (χ2v) is 5.82. The molecule has 3 rings (SSSR count). The van der Waals surface area contributed by atoms with Gasteiger partial charge in [-0.25, -0.2) is 0 Å².